The number of hydrogen-bond donors (Lipinski definition) is 2. The van der Waals surface area contributed by atoms with Crippen LogP contribution in [0.1, 0.15) is 16.7 Å². The number of phenols is 1. The quantitative estimate of drug-likeness (QED) is 0.839. The maximum atomic E-state index is 9.84. The lowest BCUT2D eigenvalue weighted by atomic mass is 10.1. The summed E-state index contributed by atoms with van der Waals surface area (Å²) < 4.78 is 0. The lowest BCUT2D eigenvalue weighted by molar-refractivity contribution is 0.467. The number of benzene rings is 2. The summed E-state index contributed by atoms with van der Waals surface area (Å²) >= 11 is 0. The second-order valence-corrected chi connectivity index (χ2v) is 4.24. The van der Waals surface area contributed by atoms with Crippen LogP contribution in [0.4, 0.5) is 5.69 Å². The highest BCUT2D eigenvalue weighted by molar-refractivity contribution is 5.59. The first-order valence-corrected chi connectivity index (χ1v) is 5.75. The van der Waals surface area contributed by atoms with Crippen molar-refractivity contribution >= 4 is 5.69 Å². The number of hydrogen-bond acceptors (Lipinski definition) is 2. The molecule has 2 aromatic rings. The summed E-state index contributed by atoms with van der Waals surface area (Å²) in [7, 11) is 0. The molecule has 0 heterocycles. The highest BCUT2D eigenvalue weighted by atomic mass is 16.3. The van der Waals surface area contributed by atoms with Crippen LogP contribution in [0.5, 0.6) is 5.75 Å². The third kappa shape index (κ3) is 2.59. The molecule has 2 rings (SSSR count). The average Bonchev–Trinajstić information content (AvgIpc) is 2.36. The fourth-order valence-corrected chi connectivity index (χ4v) is 1.82. The fraction of sp³-hybridized carbons (Fsp3) is 0.200. The van der Waals surface area contributed by atoms with Crippen LogP contribution in [0.3, 0.4) is 0 Å². The topological polar surface area (TPSA) is 32.3 Å². The van der Waals surface area contributed by atoms with Gasteiger partial charge in [-0.15, -0.1) is 0 Å². The highest BCUT2D eigenvalue weighted by Gasteiger charge is 2.05. The van der Waals surface area contributed by atoms with Crippen molar-refractivity contribution in [3.8, 4) is 5.75 Å². The number of anilines is 1. The monoisotopic (exact) mass is 227 g/mol. The summed E-state index contributed by atoms with van der Waals surface area (Å²) in [6.45, 7) is 4.60. The Bertz CT molecular complexity index is 506. The van der Waals surface area contributed by atoms with E-state index in [0.29, 0.717) is 5.75 Å². The molecule has 0 aliphatic carbocycles. The minimum Gasteiger partial charge on any atom is -0.507 e. The van der Waals surface area contributed by atoms with Crippen molar-refractivity contribution in [2.24, 2.45) is 0 Å². The molecule has 17 heavy (non-hydrogen) atoms. The summed E-state index contributed by atoms with van der Waals surface area (Å²) in [6, 6.07) is 14.1. The maximum Gasteiger partial charge on any atom is 0.123 e. The van der Waals surface area contributed by atoms with Gasteiger partial charge in [-0.25, -0.2) is 0 Å². The second kappa shape index (κ2) is 4.91. The number of aromatic hydroxyl groups is 1. The maximum absolute atomic E-state index is 9.84. The number of nitrogens with one attached hydrogen (secondary N) is 1. The molecule has 2 heteroatoms. The van der Waals surface area contributed by atoms with E-state index in [9.17, 15) is 5.11 Å². The van der Waals surface area contributed by atoms with Gasteiger partial charge in [-0.05, 0) is 31.0 Å². The Morgan fingerprint density at radius 2 is 1.71 bits per heavy atom. The van der Waals surface area contributed by atoms with Gasteiger partial charge < -0.3 is 10.4 Å². The SMILES string of the molecule is Cc1ccc(NCc2ccccc2)c(C)c1O. The molecule has 0 aliphatic rings. The average molecular weight is 227 g/mol. The molecule has 0 atom stereocenters. The molecule has 0 aliphatic heterocycles. The van der Waals surface area contributed by atoms with E-state index in [1.165, 1.54) is 5.56 Å². The summed E-state index contributed by atoms with van der Waals surface area (Å²) in [5, 5.41) is 13.2. The van der Waals surface area contributed by atoms with Crippen molar-refractivity contribution in [1.29, 1.82) is 0 Å². The van der Waals surface area contributed by atoms with Crippen molar-refractivity contribution in [2.75, 3.05) is 5.32 Å². The molecule has 0 bridgehead atoms. The zero-order valence-corrected chi connectivity index (χ0v) is 10.2. The van der Waals surface area contributed by atoms with E-state index >= 15 is 0 Å². The first-order valence-electron chi connectivity index (χ1n) is 5.75. The van der Waals surface area contributed by atoms with Crippen molar-refractivity contribution in [1.82, 2.24) is 0 Å². The minimum atomic E-state index is 0.378. The van der Waals surface area contributed by atoms with Crippen molar-refractivity contribution in [3.05, 3.63) is 59.2 Å². The van der Waals surface area contributed by atoms with E-state index in [1.807, 2.05) is 44.2 Å². The molecule has 0 saturated heterocycles. The third-order valence-electron chi connectivity index (χ3n) is 2.96. The molecule has 0 unspecified atom stereocenters. The molecule has 2 nitrogen and oxygen atoms in total. The van der Waals surface area contributed by atoms with Crippen LogP contribution in [0.15, 0.2) is 42.5 Å². The van der Waals surface area contributed by atoms with Crippen LogP contribution in [-0.4, -0.2) is 5.11 Å². The van der Waals surface area contributed by atoms with Crippen LogP contribution in [0.2, 0.25) is 0 Å². The highest BCUT2D eigenvalue weighted by Crippen LogP contribution is 2.28. The van der Waals surface area contributed by atoms with E-state index < -0.39 is 0 Å². The minimum absolute atomic E-state index is 0.378. The molecule has 0 radical (unpaired) electrons. The van der Waals surface area contributed by atoms with Crippen molar-refractivity contribution in [2.45, 2.75) is 20.4 Å². The van der Waals surface area contributed by atoms with E-state index in [4.69, 9.17) is 0 Å². The van der Waals surface area contributed by atoms with E-state index in [1.54, 1.807) is 0 Å². The molecule has 2 N–H and O–H groups in total. The van der Waals surface area contributed by atoms with Gasteiger partial charge in [0.1, 0.15) is 5.75 Å². The molecule has 0 amide bonds. The van der Waals surface area contributed by atoms with Crippen LogP contribution in [0.25, 0.3) is 0 Å². The molecule has 88 valence electrons. The number of phenolic OH excluding ortho intramolecular Hbond substituents is 1. The lowest BCUT2D eigenvalue weighted by Gasteiger charge is -2.12. The van der Waals surface area contributed by atoms with Gasteiger partial charge in [0.05, 0.1) is 0 Å². The van der Waals surface area contributed by atoms with Gasteiger partial charge >= 0.3 is 0 Å². The molecule has 0 spiro atoms. The largest absolute Gasteiger partial charge is 0.507 e. The number of aryl methyl sites for hydroxylation is 1. The summed E-state index contributed by atoms with van der Waals surface area (Å²) in [5.74, 6) is 0.378. The van der Waals surface area contributed by atoms with Gasteiger partial charge in [0, 0.05) is 17.8 Å². The standard InChI is InChI=1S/C15H17NO/c1-11-8-9-14(12(2)15(11)17)16-10-13-6-4-3-5-7-13/h3-9,16-17H,10H2,1-2H3. The van der Waals surface area contributed by atoms with Crippen molar-refractivity contribution < 1.29 is 5.11 Å². The van der Waals surface area contributed by atoms with Gasteiger partial charge in [0.2, 0.25) is 0 Å². The Labute approximate surface area is 102 Å². The first kappa shape index (κ1) is 11.5. The van der Waals surface area contributed by atoms with Crippen LogP contribution in [0, 0.1) is 13.8 Å². The molecule has 0 saturated carbocycles. The van der Waals surface area contributed by atoms with Gasteiger partial charge in [0.15, 0.2) is 0 Å². The zero-order valence-electron chi connectivity index (χ0n) is 10.2. The summed E-state index contributed by atoms with van der Waals surface area (Å²) in [6.07, 6.45) is 0. The number of rotatable bonds is 3. The van der Waals surface area contributed by atoms with Gasteiger partial charge in [0.25, 0.3) is 0 Å². The molecule has 0 aromatic heterocycles. The summed E-state index contributed by atoms with van der Waals surface area (Å²) in [5.41, 5.74) is 4.03. The van der Waals surface area contributed by atoms with Gasteiger partial charge in [-0.1, -0.05) is 36.4 Å². The summed E-state index contributed by atoms with van der Waals surface area (Å²) in [4.78, 5) is 0. The van der Waals surface area contributed by atoms with E-state index in [-0.39, 0.29) is 0 Å². The first-order chi connectivity index (χ1) is 8.18. The second-order valence-electron chi connectivity index (χ2n) is 4.24. The Kier molecular flexibility index (Phi) is 3.33. The Balaban J connectivity index is 2.13. The van der Waals surface area contributed by atoms with E-state index in [2.05, 4.69) is 17.4 Å². The van der Waals surface area contributed by atoms with Crippen LogP contribution >= 0.6 is 0 Å². The molecular weight excluding hydrogens is 210 g/mol. The molecule has 2 aromatic carbocycles. The fourth-order valence-electron chi connectivity index (χ4n) is 1.82. The Hall–Kier alpha value is -1.96. The van der Waals surface area contributed by atoms with Gasteiger partial charge in [-0.3, -0.25) is 0 Å². The van der Waals surface area contributed by atoms with Crippen LogP contribution < -0.4 is 5.32 Å². The Morgan fingerprint density at radius 3 is 2.41 bits per heavy atom. The molecule has 0 fully saturated rings. The predicted octanol–water partition coefficient (Wildman–Crippen LogP) is 3.62. The third-order valence-corrected chi connectivity index (χ3v) is 2.96. The van der Waals surface area contributed by atoms with Crippen molar-refractivity contribution in [3.63, 3.8) is 0 Å². The smallest absolute Gasteiger partial charge is 0.123 e. The normalized spacial score (nSPS) is 10.2. The zero-order chi connectivity index (χ0) is 12.3. The van der Waals surface area contributed by atoms with Gasteiger partial charge in [-0.2, -0.15) is 0 Å². The van der Waals surface area contributed by atoms with Crippen LogP contribution in [-0.2, 0) is 6.54 Å². The Morgan fingerprint density at radius 1 is 1.00 bits per heavy atom. The van der Waals surface area contributed by atoms with E-state index in [0.717, 1.165) is 23.4 Å². The molecular formula is C15H17NO. The lowest BCUT2D eigenvalue weighted by Crippen LogP contribution is -2.01. The predicted molar refractivity (Wildman–Crippen MR) is 71.3 cm³/mol.